The van der Waals surface area contributed by atoms with Gasteiger partial charge in [-0.05, 0) is 42.2 Å². The van der Waals surface area contributed by atoms with Crippen LogP contribution in [-0.4, -0.2) is 27.0 Å². The molecule has 0 amide bonds. The Kier molecular flexibility index (Phi) is 5.66. The number of nitriles is 1. The molecule has 0 fully saturated rings. The summed E-state index contributed by atoms with van der Waals surface area (Å²) >= 11 is 1.69. The molecule has 1 aromatic carbocycles. The Morgan fingerprint density at radius 2 is 2.00 bits per heavy atom. The minimum absolute atomic E-state index is 0.192. The lowest BCUT2D eigenvalue weighted by Crippen LogP contribution is -2.29. The van der Waals surface area contributed by atoms with Crippen molar-refractivity contribution >= 4 is 21.8 Å². The van der Waals surface area contributed by atoms with Gasteiger partial charge in [0.2, 0.25) is 10.0 Å². The summed E-state index contributed by atoms with van der Waals surface area (Å²) in [6.07, 6.45) is 1.99. The number of hydrogen-bond acceptors (Lipinski definition) is 4. The largest absolute Gasteiger partial charge is 0.240 e. The topological polar surface area (TPSA) is 70.0 Å². The Bertz CT molecular complexity index is 518. The van der Waals surface area contributed by atoms with E-state index in [4.69, 9.17) is 5.26 Å². The Morgan fingerprint density at radius 1 is 1.39 bits per heavy atom. The number of benzene rings is 1. The van der Waals surface area contributed by atoms with Gasteiger partial charge in [0.25, 0.3) is 0 Å². The zero-order chi connectivity index (χ0) is 13.6. The number of nitrogens with zero attached hydrogens (tertiary/aromatic N) is 1. The number of sulfonamides is 1. The fourth-order valence-corrected chi connectivity index (χ4v) is 3.24. The zero-order valence-corrected chi connectivity index (χ0v) is 12.0. The van der Waals surface area contributed by atoms with Crippen LogP contribution in [0.4, 0.5) is 0 Å². The highest BCUT2D eigenvalue weighted by atomic mass is 32.2. The molecule has 0 aliphatic heterocycles. The van der Waals surface area contributed by atoms with Gasteiger partial charge in [-0.3, -0.25) is 0 Å². The second-order valence-corrected chi connectivity index (χ2v) is 6.73. The molecule has 0 radical (unpaired) electrons. The Hall–Kier alpha value is -1.03. The average Bonchev–Trinajstić information content (AvgIpc) is 2.37. The molecule has 1 rings (SSSR count). The van der Waals surface area contributed by atoms with Crippen LogP contribution in [0.15, 0.2) is 29.2 Å². The van der Waals surface area contributed by atoms with E-state index < -0.39 is 10.0 Å². The standard InChI is InChI=1S/C12H16N2O2S2/c1-10(9-17-2)8-14-18(15,16)12-5-3-11(7-13)4-6-12/h3-6,10,14H,8-9H2,1-2H3. The summed E-state index contributed by atoms with van der Waals surface area (Å²) in [7, 11) is -3.47. The molecule has 0 bridgehead atoms. The minimum atomic E-state index is -3.47. The summed E-state index contributed by atoms with van der Waals surface area (Å²) in [4.78, 5) is 0.192. The molecule has 4 nitrogen and oxygen atoms in total. The van der Waals surface area contributed by atoms with Crippen molar-refractivity contribution in [2.75, 3.05) is 18.6 Å². The van der Waals surface area contributed by atoms with Crippen LogP contribution in [-0.2, 0) is 10.0 Å². The molecule has 0 aliphatic carbocycles. The zero-order valence-electron chi connectivity index (χ0n) is 10.4. The van der Waals surface area contributed by atoms with Gasteiger partial charge in [-0.1, -0.05) is 6.92 Å². The number of hydrogen-bond donors (Lipinski definition) is 1. The van der Waals surface area contributed by atoms with Gasteiger partial charge in [0, 0.05) is 6.54 Å². The van der Waals surface area contributed by atoms with E-state index in [-0.39, 0.29) is 10.8 Å². The van der Waals surface area contributed by atoms with Crippen molar-refractivity contribution in [2.24, 2.45) is 5.92 Å². The summed E-state index contributed by atoms with van der Waals surface area (Å²) in [5.74, 6) is 1.20. The van der Waals surface area contributed by atoms with Crippen molar-refractivity contribution in [3.8, 4) is 6.07 Å². The SMILES string of the molecule is CSCC(C)CNS(=O)(=O)c1ccc(C#N)cc1. The van der Waals surface area contributed by atoms with E-state index in [1.165, 1.54) is 24.3 Å². The Morgan fingerprint density at radius 3 is 2.50 bits per heavy atom. The maximum Gasteiger partial charge on any atom is 0.240 e. The Labute approximate surface area is 112 Å². The summed E-state index contributed by atoms with van der Waals surface area (Å²) in [5, 5.41) is 8.65. The second-order valence-electron chi connectivity index (χ2n) is 4.05. The monoisotopic (exact) mass is 284 g/mol. The van der Waals surface area contributed by atoms with Crippen LogP contribution in [0.1, 0.15) is 12.5 Å². The lowest BCUT2D eigenvalue weighted by Gasteiger charge is -2.11. The third-order valence-electron chi connectivity index (χ3n) is 2.37. The lowest BCUT2D eigenvalue weighted by atomic mass is 10.2. The summed E-state index contributed by atoms with van der Waals surface area (Å²) in [6, 6.07) is 7.84. The van der Waals surface area contributed by atoms with Crippen molar-refractivity contribution in [1.29, 1.82) is 5.26 Å². The molecule has 0 aliphatic rings. The highest BCUT2D eigenvalue weighted by Crippen LogP contribution is 2.11. The third kappa shape index (κ3) is 4.33. The highest BCUT2D eigenvalue weighted by Gasteiger charge is 2.14. The fourth-order valence-electron chi connectivity index (χ4n) is 1.39. The molecular formula is C12H16N2O2S2. The Balaban J connectivity index is 2.71. The molecule has 1 N–H and O–H groups in total. The first kappa shape index (κ1) is 15.0. The van der Waals surface area contributed by atoms with Crippen molar-refractivity contribution in [3.05, 3.63) is 29.8 Å². The average molecular weight is 284 g/mol. The normalized spacial score (nSPS) is 12.9. The maximum absolute atomic E-state index is 11.9. The molecule has 1 atom stereocenters. The van der Waals surface area contributed by atoms with Crippen LogP contribution in [0.2, 0.25) is 0 Å². The van der Waals surface area contributed by atoms with Gasteiger partial charge < -0.3 is 0 Å². The first-order valence-corrected chi connectivity index (χ1v) is 8.36. The highest BCUT2D eigenvalue weighted by molar-refractivity contribution is 7.98. The van der Waals surface area contributed by atoms with Crippen molar-refractivity contribution in [1.82, 2.24) is 4.72 Å². The molecule has 98 valence electrons. The van der Waals surface area contributed by atoms with Gasteiger partial charge in [0.1, 0.15) is 0 Å². The minimum Gasteiger partial charge on any atom is -0.211 e. The van der Waals surface area contributed by atoms with Crippen molar-refractivity contribution in [3.63, 3.8) is 0 Å². The predicted octanol–water partition coefficient (Wildman–Crippen LogP) is 1.84. The molecule has 0 saturated carbocycles. The first-order valence-electron chi connectivity index (χ1n) is 5.48. The number of rotatable bonds is 6. The van der Waals surface area contributed by atoms with Gasteiger partial charge in [0.15, 0.2) is 0 Å². The van der Waals surface area contributed by atoms with E-state index in [0.29, 0.717) is 12.1 Å². The van der Waals surface area contributed by atoms with E-state index in [1.807, 2.05) is 19.2 Å². The van der Waals surface area contributed by atoms with Crippen LogP contribution in [0.5, 0.6) is 0 Å². The molecule has 0 heterocycles. The van der Waals surface area contributed by atoms with E-state index in [0.717, 1.165) is 5.75 Å². The van der Waals surface area contributed by atoms with Crippen molar-refractivity contribution in [2.45, 2.75) is 11.8 Å². The third-order valence-corrected chi connectivity index (χ3v) is 4.71. The van der Waals surface area contributed by atoms with Crippen LogP contribution in [0.3, 0.4) is 0 Å². The van der Waals surface area contributed by atoms with Crippen LogP contribution in [0, 0.1) is 17.2 Å². The molecule has 18 heavy (non-hydrogen) atoms. The van der Waals surface area contributed by atoms with Crippen LogP contribution < -0.4 is 4.72 Å². The molecule has 0 saturated heterocycles. The van der Waals surface area contributed by atoms with Crippen LogP contribution in [0.25, 0.3) is 0 Å². The number of nitrogens with one attached hydrogen (secondary N) is 1. The second kappa shape index (κ2) is 6.78. The van der Waals surface area contributed by atoms with E-state index in [9.17, 15) is 8.42 Å². The number of thioether (sulfide) groups is 1. The summed E-state index contributed by atoms with van der Waals surface area (Å²) < 4.78 is 26.5. The van der Waals surface area contributed by atoms with Gasteiger partial charge in [0.05, 0.1) is 16.5 Å². The van der Waals surface area contributed by atoms with E-state index in [2.05, 4.69) is 4.72 Å². The summed E-state index contributed by atoms with van der Waals surface area (Å²) in [5.41, 5.74) is 0.449. The predicted molar refractivity (Wildman–Crippen MR) is 73.9 cm³/mol. The van der Waals surface area contributed by atoms with Gasteiger partial charge >= 0.3 is 0 Å². The molecule has 6 heteroatoms. The molecule has 0 spiro atoms. The smallest absolute Gasteiger partial charge is 0.211 e. The van der Waals surface area contributed by atoms with Crippen molar-refractivity contribution < 1.29 is 8.42 Å². The lowest BCUT2D eigenvalue weighted by molar-refractivity contribution is 0.562. The first-order chi connectivity index (χ1) is 8.49. The van der Waals surface area contributed by atoms with E-state index >= 15 is 0 Å². The van der Waals surface area contributed by atoms with E-state index in [1.54, 1.807) is 11.8 Å². The molecular weight excluding hydrogens is 268 g/mol. The van der Waals surface area contributed by atoms with Crippen LogP contribution >= 0.6 is 11.8 Å². The quantitative estimate of drug-likeness (QED) is 0.865. The maximum atomic E-state index is 11.9. The molecule has 0 aromatic heterocycles. The molecule has 1 unspecified atom stereocenters. The molecule has 1 aromatic rings. The fraction of sp³-hybridized carbons (Fsp3) is 0.417. The van der Waals surface area contributed by atoms with Gasteiger partial charge in [-0.2, -0.15) is 17.0 Å². The van der Waals surface area contributed by atoms with Gasteiger partial charge in [-0.15, -0.1) is 0 Å². The summed E-state index contributed by atoms with van der Waals surface area (Å²) in [6.45, 7) is 2.42. The van der Waals surface area contributed by atoms with Gasteiger partial charge in [-0.25, -0.2) is 13.1 Å².